The number of carbonyl (C=O) groups is 2. The summed E-state index contributed by atoms with van der Waals surface area (Å²) in [5.41, 5.74) is -0.633. The minimum atomic E-state index is -0.851. The van der Waals surface area contributed by atoms with E-state index in [9.17, 15) is 19.7 Å². The van der Waals surface area contributed by atoms with E-state index < -0.39 is 21.6 Å². The third-order valence-electron chi connectivity index (χ3n) is 8.55. The Labute approximate surface area is 323 Å². The summed E-state index contributed by atoms with van der Waals surface area (Å²) in [6.45, 7) is 16.8. The van der Waals surface area contributed by atoms with Crippen molar-refractivity contribution in [2.24, 2.45) is 0 Å². The molecule has 0 bridgehead atoms. The summed E-state index contributed by atoms with van der Waals surface area (Å²) in [6.07, 6.45) is 2.94. The lowest BCUT2D eigenvalue weighted by atomic mass is 9.95. The molecule has 1 amide bonds. The normalized spacial score (nSPS) is 13.8. The van der Waals surface area contributed by atoms with Crippen molar-refractivity contribution in [3.05, 3.63) is 80.6 Å². The zero-order valence-corrected chi connectivity index (χ0v) is 33.8. The van der Waals surface area contributed by atoms with Crippen molar-refractivity contribution in [3.8, 4) is 0 Å². The molecule has 13 nitrogen and oxygen atoms in total. The quantitative estimate of drug-likeness (QED) is 0.0327. The van der Waals surface area contributed by atoms with E-state index in [1.54, 1.807) is 23.1 Å². The van der Waals surface area contributed by atoms with Crippen LogP contribution in [0.25, 0.3) is 0 Å². The fourth-order valence-electron chi connectivity index (χ4n) is 5.76. The highest BCUT2D eigenvalue weighted by Crippen LogP contribution is 2.28. The van der Waals surface area contributed by atoms with Gasteiger partial charge in [0.2, 0.25) is 11.9 Å². The predicted octanol–water partition coefficient (Wildman–Crippen LogP) is 7.28. The average molecular weight is 771 g/mol. The van der Waals surface area contributed by atoms with Crippen molar-refractivity contribution >= 4 is 46.9 Å². The van der Waals surface area contributed by atoms with E-state index in [-0.39, 0.29) is 24.1 Å². The maximum Gasteiger partial charge on any atom is 0.326 e. The number of nitro benzene ring substituents is 1. The molecule has 3 rings (SSSR count). The molecule has 0 spiro atoms. The molecule has 0 radical (unpaired) electrons. The SMILES string of the molecule is CCCC(C)(NCCNc1nc(SCc2ccc(Cl)cc2)nc(C(C)(CCC)NCCN(Cc2ccccc2[N+](=O)[O-])C(C)=O)n1)C(=O)OC(C)(C)C. The zero-order valence-electron chi connectivity index (χ0n) is 32.3. The monoisotopic (exact) mass is 770 g/mol. The van der Waals surface area contributed by atoms with Gasteiger partial charge in [0.1, 0.15) is 11.1 Å². The van der Waals surface area contributed by atoms with Gasteiger partial charge < -0.3 is 25.6 Å². The first kappa shape index (κ1) is 43.6. The maximum atomic E-state index is 13.1. The van der Waals surface area contributed by atoms with Crippen LogP contribution in [0.1, 0.15) is 98.0 Å². The number of hydrogen-bond donors (Lipinski definition) is 3. The minimum Gasteiger partial charge on any atom is -0.459 e. The molecule has 0 saturated heterocycles. The van der Waals surface area contributed by atoms with Crippen LogP contribution < -0.4 is 16.0 Å². The largest absolute Gasteiger partial charge is 0.459 e. The topological polar surface area (TPSA) is 165 Å². The van der Waals surface area contributed by atoms with Crippen molar-refractivity contribution in [1.82, 2.24) is 30.5 Å². The first-order valence-corrected chi connectivity index (χ1v) is 19.4. The Kier molecular flexibility index (Phi) is 16.4. The third kappa shape index (κ3) is 13.8. The summed E-state index contributed by atoms with van der Waals surface area (Å²) >= 11 is 7.59. The van der Waals surface area contributed by atoms with Crippen LogP contribution in [0.15, 0.2) is 53.7 Å². The van der Waals surface area contributed by atoms with Crippen LogP contribution in [0.4, 0.5) is 11.6 Å². The van der Waals surface area contributed by atoms with E-state index in [1.165, 1.54) is 24.8 Å². The fourth-order valence-corrected chi connectivity index (χ4v) is 6.68. The maximum absolute atomic E-state index is 13.1. The Hall–Kier alpha value is -3.85. The van der Waals surface area contributed by atoms with Gasteiger partial charge in [-0.2, -0.15) is 9.97 Å². The van der Waals surface area contributed by atoms with Gasteiger partial charge in [0.05, 0.1) is 17.0 Å². The highest BCUT2D eigenvalue weighted by molar-refractivity contribution is 7.98. The number of rotatable bonds is 21. The van der Waals surface area contributed by atoms with E-state index in [0.29, 0.717) is 72.3 Å². The van der Waals surface area contributed by atoms with E-state index in [1.807, 2.05) is 65.8 Å². The molecule has 0 fully saturated rings. The Morgan fingerprint density at radius 2 is 1.60 bits per heavy atom. The Balaban J connectivity index is 1.83. The van der Waals surface area contributed by atoms with Gasteiger partial charge in [0.15, 0.2) is 11.0 Å². The lowest BCUT2D eigenvalue weighted by molar-refractivity contribution is -0.385. The molecular weight excluding hydrogens is 716 g/mol. The first-order chi connectivity index (χ1) is 25.0. The highest BCUT2D eigenvalue weighted by atomic mass is 35.5. The molecule has 0 aliphatic heterocycles. The Morgan fingerprint density at radius 3 is 2.23 bits per heavy atom. The zero-order chi connectivity index (χ0) is 39.2. The summed E-state index contributed by atoms with van der Waals surface area (Å²) in [6, 6.07) is 14.1. The van der Waals surface area contributed by atoms with Crippen LogP contribution in [0.2, 0.25) is 5.02 Å². The number of anilines is 1. The van der Waals surface area contributed by atoms with Crippen LogP contribution in [0, 0.1) is 10.1 Å². The number of carbonyl (C=O) groups excluding carboxylic acids is 2. The molecule has 0 saturated carbocycles. The van der Waals surface area contributed by atoms with Gasteiger partial charge in [-0.25, -0.2) is 4.98 Å². The second kappa shape index (κ2) is 20.0. The number of hydrogen-bond acceptors (Lipinski definition) is 12. The number of para-hydroxylation sites is 1. The lowest BCUT2D eigenvalue weighted by Gasteiger charge is -2.32. The second-order valence-corrected chi connectivity index (χ2v) is 15.8. The van der Waals surface area contributed by atoms with Gasteiger partial charge in [0.25, 0.3) is 5.69 Å². The fraction of sp³-hybridized carbons (Fsp3) is 0.553. The number of thioether (sulfide) groups is 1. The predicted molar refractivity (Wildman–Crippen MR) is 211 cm³/mol. The lowest BCUT2D eigenvalue weighted by Crippen LogP contribution is -2.53. The molecule has 0 aliphatic rings. The Morgan fingerprint density at radius 1 is 0.925 bits per heavy atom. The number of nitrogens with one attached hydrogen (secondary N) is 3. The molecule has 0 aliphatic carbocycles. The van der Waals surface area contributed by atoms with Crippen LogP contribution in [0.3, 0.4) is 0 Å². The number of esters is 1. The number of benzene rings is 2. The van der Waals surface area contributed by atoms with E-state index >= 15 is 0 Å². The molecule has 1 heterocycles. The van der Waals surface area contributed by atoms with E-state index in [4.69, 9.17) is 31.3 Å². The smallest absolute Gasteiger partial charge is 0.326 e. The molecule has 2 aromatic carbocycles. The number of nitro groups is 1. The molecule has 290 valence electrons. The molecule has 2 unspecified atom stereocenters. The summed E-state index contributed by atoms with van der Waals surface area (Å²) in [5, 5.41) is 23.1. The molecule has 15 heteroatoms. The Bertz CT molecular complexity index is 1670. The number of nitrogens with zero attached hydrogens (tertiary/aromatic N) is 5. The van der Waals surface area contributed by atoms with Gasteiger partial charge in [-0.3, -0.25) is 19.7 Å². The summed E-state index contributed by atoms with van der Waals surface area (Å²) < 4.78 is 5.72. The second-order valence-electron chi connectivity index (χ2n) is 14.5. The van der Waals surface area contributed by atoms with Gasteiger partial charge in [-0.1, -0.05) is 80.4 Å². The number of ether oxygens (including phenoxy) is 1. The molecule has 3 aromatic rings. The summed E-state index contributed by atoms with van der Waals surface area (Å²) in [5.74, 6) is 1.08. The van der Waals surface area contributed by atoms with Crippen LogP contribution in [-0.4, -0.2) is 74.0 Å². The number of amides is 1. The van der Waals surface area contributed by atoms with Crippen LogP contribution in [-0.2, 0) is 32.2 Å². The molecule has 3 N–H and O–H groups in total. The van der Waals surface area contributed by atoms with Gasteiger partial charge in [-0.05, 0) is 65.2 Å². The first-order valence-electron chi connectivity index (χ1n) is 18.1. The van der Waals surface area contributed by atoms with Crippen LogP contribution >= 0.6 is 23.4 Å². The van der Waals surface area contributed by atoms with Gasteiger partial charge >= 0.3 is 5.97 Å². The highest BCUT2D eigenvalue weighted by Gasteiger charge is 2.36. The summed E-state index contributed by atoms with van der Waals surface area (Å²) in [4.78, 5) is 53.0. The standard InChI is InChI=1S/C38H55ClN8O5S/c1-9-19-37(7,42-23-24-46(27(3)48)25-29-13-11-12-14-31(29)47(50)51)32-43-34(45-35(44-32)53-26-28-15-17-30(39)18-16-28)40-21-22-41-38(8,20-10-2)33(49)52-36(4,5)6/h11-18,41-42H,9-10,19-26H2,1-8H3,(H,40,43,44,45). The third-order valence-corrected chi connectivity index (χ3v) is 9.72. The van der Waals surface area contributed by atoms with E-state index in [0.717, 1.165) is 18.4 Å². The van der Waals surface area contributed by atoms with Gasteiger partial charge in [0, 0.05) is 55.5 Å². The van der Waals surface area contributed by atoms with Crippen molar-refractivity contribution in [3.63, 3.8) is 0 Å². The van der Waals surface area contributed by atoms with Crippen molar-refractivity contribution < 1.29 is 19.2 Å². The van der Waals surface area contributed by atoms with Crippen molar-refractivity contribution in [2.75, 3.05) is 31.5 Å². The van der Waals surface area contributed by atoms with Gasteiger partial charge in [-0.15, -0.1) is 0 Å². The molecule has 53 heavy (non-hydrogen) atoms. The molecule has 1 aromatic heterocycles. The van der Waals surface area contributed by atoms with E-state index in [2.05, 4.69) is 22.9 Å². The summed E-state index contributed by atoms with van der Waals surface area (Å²) in [7, 11) is 0. The van der Waals surface area contributed by atoms with Crippen LogP contribution in [0.5, 0.6) is 0 Å². The average Bonchev–Trinajstić information content (AvgIpc) is 3.09. The number of aromatic nitrogens is 3. The minimum absolute atomic E-state index is 0.0218. The molecular formula is C38H55ClN8O5S. The van der Waals surface area contributed by atoms with Crippen molar-refractivity contribution in [2.45, 2.75) is 115 Å². The number of halogens is 1. The van der Waals surface area contributed by atoms with Crippen molar-refractivity contribution in [1.29, 1.82) is 0 Å². The molecule has 2 atom stereocenters.